The van der Waals surface area contributed by atoms with Crippen LogP contribution in [0, 0.1) is 10.1 Å². The summed E-state index contributed by atoms with van der Waals surface area (Å²) in [5.74, 6) is 0. The molecule has 0 radical (unpaired) electrons. The molecule has 1 saturated heterocycles. The molecule has 5 heteroatoms. The Labute approximate surface area is 114 Å². The van der Waals surface area contributed by atoms with Crippen LogP contribution in [0.5, 0.6) is 0 Å². The number of piperidine rings is 1. The van der Waals surface area contributed by atoms with Crippen LogP contribution in [-0.2, 0) is 0 Å². The molecule has 0 amide bonds. The molecule has 1 aromatic carbocycles. The van der Waals surface area contributed by atoms with Crippen LogP contribution in [0.3, 0.4) is 0 Å². The Bertz CT molecular complexity index is 430. The van der Waals surface area contributed by atoms with Crippen LogP contribution in [0.15, 0.2) is 24.3 Å². The number of benzene rings is 1. The number of hydrogen-bond acceptors (Lipinski definition) is 4. The van der Waals surface area contributed by atoms with Gasteiger partial charge in [0, 0.05) is 38.0 Å². The first-order valence-electron chi connectivity index (χ1n) is 6.85. The van der Waals surface area contributed by atoms with E-state index in [0.29, 0.717) is 0 Å². The summed E-state index contributed by atoms with van der Waals surface area (Å²) in [4.78, 5) is 15.0. The number of nitrogens with zero attached hydrogens (tertiary/aromatic N) is 3. The van der Waals surface area contributed by atoms with E-state index in [-0.39, 0.29) is 10.6 Å². The van der Waals surface area contributed by atoms with Gasteiger partial charge in [0.2, 0.25) is 0 Å². The normalized spacial score (nSPS) is 16.3. The van der Waals surface area contributed by atoms with Crippen molar-refractivity contribution < 1.29 is 4.92 Å². The average molecular weight is 263 g/mol. The van der Waals surface area contributed by atoms with Gasteiger partial charge in [-0.1, -0.05) is 12.5 Å². The van der Waals surface area contributed by atoms with Crippen LogP contribution in [0.4, 0.5) is 11.4 Å². The summed E-state index contributed by atoms with van der Waals surface area (Å²) >= 11 is 0. The van der Waals surface area contributed by atoms with Gasteiger partial charge in [-0.2, -0.15) is 0 Å². The van der Waals surface area contributed by atoms with E-state index in [4.69, 9.17) is 0 Å². The number of rotatable bonds is 5. The van der Waals surface area contributed by atoms with Crippen molar-refractivity contribution in [1.82, 2.24) is 4.90 Å². The van der Waals surface area contributed by atoms with Gasteiger partial charge in [-0.15, -0.1) is 0 Å². The zero-order valence-electron chi connectivity index (χ0n) is 11.4. The van der Waals surface area contributed by atoms with Crippen LogP contribution < -0.4 is 4.90 Å². The lowest BCUT2D eigenvalue weighted by atomic mass is 10.1. The molecule has 0 spiro atoms. The van der Waals surface area contributed by atoms with Gasteiger partial charge in [0.1, 0.15) is 0 Å². The van der Waals surface area contributed by atoms with Crippen molar-refractivity contribution >= 4 is 11.4 Å². The highest BCUT2D eigenvalue weighted by molar-refractivity contribution is 5.52. The lowest BCUT2D eigenvalue weighted by Gasteiger charge is -2.29. The largest absolute Gasteiger partial charge is 0.373 e. The number of non-ortho nitro benzene ring substituents is 1. The minimum Gasteiger partial charge on any atom is -0.373 e. The van der Waals surface area contributed by atoms with E-state index in [0.717, 1.165) is 18.8 Å². The van der Waals surface area contributed by atoms with Gasteiger partial charge in [0.05, 0.1) is 4.92 Å². The smallest absolute Gasteiger partial charge is 0.271 e. The van der Waals surface area contributed by atoms with E-state index in [1.165, 1.54) is 38.4 Å². The molecule has 0 saturated carbocycles. The lowest BCUT2D eigenvalue weighted by molar-refractivity contribution is -0.384. The molecule has 104 valence electrons. The molecule has 0 aromatic heterocycles. The van der Waals surface area contributed by atoms with Gasteiger partial charge in [-0.3, -0.25) is 10.1 Å². The fourth-order valence-corrected chi connectivity index (χ4v) is 2.45. The molecular weight excluding hydrogens is 242 g/mol. The number of likely N-dealkylation sites (tertiary alicyclic amines) is 1. The Morgan fingerprint density at radius 2 is 2.05 bits per heavy atom. The van der Waals surface area contributed by atoms with Crippen LogP contribution in [0.1, 0.15) is 19.3 Å². The van der Waals surface area contributed by atoms with Crippen molar-refractivity contribution in [2.75, 3.05) is 38.1 Å². The summed E-state index contributed by atoms with van der Waals surface area (Å²) in [6.45, 7) is 4.30. The predicted octanol–water partition coefficient (Wildman–Crippen LogP) is 2.52. The first-order valence-corrected chi connectivity index (χ1v) is 6.85. The fourth-order valence-electron chi connectivity index (χ4n) is 2.45. The number of hydrogen-bond donors (Lipinski definition) is 0. The molecule has 0 unspecified atom stereocenters. The molecule has 5 nitrogen and oxygen atoms in total. The fraction of sp³-hybridized carbons (Fsp3) is 0.571. The van der Waals surface area contributed by atoms with Gasteiger partial charge < -0.3 is 9.80 Å². The quantitative estimate of drug-likeness (QED) is 0.605. The van der Waals surface area contributed by atoms with Gasteiger partial charge in [-0.05, 0) is 32.0 Å². The zero-order chi connectivity index (χ0) is 13.7. The average Bonchev–Trinajstić information content (AvgIpc) is 2.46. The predicted molar refractivity (Wildman–Crippen MR) is 76.7 cm³/mol. The summed E-state index contributed by atoms with van der Waals surface area (Å²) in [5, 5.41) is 10.8. The van der Waals surface area contributed by atoms with E-state index in [9.17, 15) is 10.1 Å². The topological polar surface area (TPSA) is 49.6 Å². The Balaban J connectivity index is 1.89. The monoisotopic (exact) mass is 263 g/mol. The van der Waals surface area contributed by atoms with Crippen LogP contribution >= 0.6 is 0 Å². The highest BCUT2D eigenvalue weighted by Gasteiger charge is 2.12. The standard InChI is InChI=1S/C14H21N3O2/c1-15(10-11-16-8-3-2-4-9-16)13-6-5-7-14(12-13)17(18)19/h5-7,12H,2-4,8-11H2,1H3. The van der Waals surface area contributed by atoms with Crippen molar-refractivity contribution in [2.24, 2.45) is 0 Å². The summed E-state index contributed by atoms with van der Waals surface area (Å²) in [6.07, 6.45) is 3.93. The number of anilines is 1. The maximum absolute atomic E-state index is 10.8. The lowest BCUT2D eigenvalue weighted by Crippen LogP contribution is -2.36. The molecule has 1 aliphatic heterocycles. The Morgan fingerprint density at radius 1 is 1.32 bits per heavy atom. The molecule has 0 aliphatic carbocycles. The van der Waals surface area contributed by atoms with Crippen molar-refractivity contribution in [2.45, 2.75) is 19.3 Å². The van der Waals surface area contributed by atoms with Crippen molar-refractivity contribution in [3.63, 3.8) is 0 Å². The number of nitro benzene ring substituents is 1. The molecule has 2 rings (SSSR count). The first-order chi connectivity index (χ1) is 9.16. The van der Waals surface area contributed by atoms with Gasteiger partial charge in [0.25, 0.3) is 5.69 Å². The van der Waals surface area contributed by atoms with E-state index in [2.05, 4.69) is 9.80 Å². The Kier molecular flexibility index (Phi) is 4.74. The maximum Gasteiger partial charge on any atom is 0.271 e. The van der Waals surface area contributed by atoms with E-state index < -0.39 is 0 Å². The van der Waals surface area contributed by atoms with Crippen LogP contribution in [-0.4, -0.2) is 43.0 Å². The maximum atomic E-state index is 10.8. The third-order valence-electron chi connectivity index (χ3n) is 3.68. The highest BCUT2D eigenvalue weighted by atomic mass is 16.6. The second-order valence-corrected chi connectivity index (χ2v) is 5.10. The Hall–Kier alpha value is -1.62. The minimum atomic E-state index is -0.345. The third kappa shape index (κ3) is 3.92. The molecule has 1 aromatic rings. The van der Waals surface area contributed by atoms with E-state index in [1.54, 1.807) is 12.1 Å². The number of likely N-dealkylation sites (N-methyl/N-ethyl adjacent to an activating group) is 1. The van der Waals surface area contributed by atoms with Gasteiger partial charge >= 0.3 is 0 Å². The van der Waals surface area contributed by atoms with E-state index in [1.807, 2.05) is 13.1 Å². The van der Waals surface area contributed by atoms with Crippen LogP contribution in [0.2, 0.25) is 0 Å². The Morgan fingerprint density at radius 3 is 2.74 bits per heavy atom. The molecule has 0 N–H and O–H groups in total. The van der Waals surface area contributed by atoms with Crippen molar-refractivity contribution in [3.8, 4) is 0 Å². The molecule has 0 atom stereocenters. The minimum absolute atomic E-state index is 0.155. The highest BCUT2D eigenvalue weighted by Crippen LogP contribution is 2.20. The van der Waals surface area contributed by atoms with E-state index >= 15 is 0 Å². The van der Waals surface area contributed by atoms with Crippen molar-refractivity contribution in [1.29, 1.82) is 0 Å². The first kappa shape index (κ1) is 13.8. The molecular formula is C14H21N3O2. The number of nitro groups is 1. The SMILES string of the molecule is CN(CCN1CCCCC1)c1cccc([N+](=O)[O-])c1. The van der Waals surface area contributed by atoms with Gasteiger partial charge in [-0.25, -0.2) is 0 Å². The van der Waals surface area contributed by atoms with Crippen LogP contribution in [0.25, 0.3) is 0 Å². The molecule has 1 heterocycles. The summed E-state index contributed by atoms with van der Waals surface area (Å²) in [6, 6.07) is 6.83. The summed E-state index contributed by atoms with van der Waals surface area (Å²) < 4.78 is 0. The molecule has 0 bridgehead atoms. The molecule has 1 aliphatic rings. The second-order valence-electron chi connectivity index (χ2n) is 5.10. The van der Waals surface area contributed by atoms with Gasteiger partial charge in [0.15, 0.2) is 0 Å². The third-order valence-corrected chi connectivity index (χ3v) is 3.68. The molecule has 19 heavy (non-hydrogen) atoms. The molecule has 1 fully saturated rings. The summed E-state index contributed by atoms with van der Waals surface area (Å²) in [7, 11) is 1.99. The summed E-state index contributed by atoms with van der Waals surface area (Å²) in [5.41, 5.74) is 1.06. The second kappa shape index (κ2) is 6.52. The van der Waals surface area contributed by atoms with Crippen molar-refractivity contribution in [3.05, 3.63) is 34.4 Å². The zero-order valence-corrected chi connectivity index (χ0v) is 11.4.